The molecule has 1 aromatic heterocycles. The summed E-state index contributed by atoms with van der Waals surface area (Å²) in [5.74, 6) is -0.115. The average molecular weight is 463 g/mol. The molecular formula is C27H34N4O3. The van der Waals surface area contributed by atoms with Crippen molar-refractivity contribution in [3.63, 3.8) is 0 Å². The van der Waals surface area contributed by atoms with Crippen LogP contribution in [0.4, 0.5) is 4.79 Å². The Morgan fingerprint density at radius 1 is 1.00 bits per heavy atom. The Morgan fingerprint density at radius 3 is 2.32 bits per heavy atom. The van der Waals surface area contributed by atoms with Crippen LogP contribution in [0.5, 0.6) is 0 Å². The van der Waals surface area contributed by atoms with Crippen molar-refractivity contribution in [2.45, 2.75) is 46.0 Å². The first-order chi connectivity index (χ1) is 15.9. The Kier molecular flexibility index (Phi) is 6.27. The maximum Gasteiger partial charge on any atom is 0.419 e. The fourth-order valence-electron chi connectivity index (χ4n) is 4.53. The second-order valence-corrected chi connectivity index (χ2v) is 10.6. The predicted octanol–water partition coefficient (Wildman–Crippen LogP) is 4.46. The lowest BCUT2D eigenvalue weighted by molar-refractivity contribution is 0.0547. The molecular weight excluding hydrogens is 428 g/mol. The van der Waals surface area contributed by atoms with E-state index in [-0.39, 0.29) is 5.91 Å². The molecule has 0 fully saturated rings. The number of amides is 1. The summed E-state index contributed by atoms with van der Waals surface area (Å²) >= 11 is 0. The molecule has 4 rings (SSSR count). The van der Waals surface area contributed by atoms with Crippen molar-refractivity contribution in [2.75, 3.05) is 28.2 Å². The van der Waals surface area contributed by atoms with Crippen LogP contribution in [0.25, 0.3) is 22.2 Å². The monoisotopic (exact) mass is 462 g/mol. The van der Waals surface area contributed by atoms with Crippen LogP contribution in [0, 0.1) is 0 Å². The number of hydrogen-bond acceptors (Lipinski definition) is 5. The van der Waals surface area contributed by atoms with Gasteiger partial charge in [-0.1, -0.05) is 12.1 Å². The van der Waals surface area contributed by atoms with Gasteiger partial charge in [0.25, 0.3) is 5.91 Å². The highest BCUT2D eigenvalue weighted by Gasteiger charge is 2.29. The fraction of sp³-hybridized carbons (Fsp3) is 0.407. The molecule has 0 radical (unpaired) electrons. The van der Waals surface area contributed by atoms with Gasteiger partial charge in [-0.3, -0.25) is 4.79 Å². The molecule has 180 valence electrons. The maximum absolute atomic E-state index is 13.5. The number of benzene rings is 2. The maximum atomic E-state index is 13.5. The summed E-state index contributed by atoms with van der Waals surface area (Å²) in [6, 6.07) is 12.2. The molecule has 0 atom stereocenters. The number of ether oxygens (including phenoxy) is 1. The largest absolute Gasteiger partial charge is 0.443 e. The molecule has 0 spiro atoms. The van der Waals surface area contributed by atoms with Gasteiger partial charge in [0.1, 0.15) is 5.60 Å². The highest BCUT2D eigenvalue weighted by atomic mass is 16.6. The zero-order valence-electron chi connectivity index (χ0n) is 21.2. The van der Waals surface area contributed by atoms with Crippen LogP contribution >= 0.6 is 0 Å². The summed E-state index contributed by atoms with van der Waals surface area (Å²) in [5, 5.41) is 3.88. The number of rotatable bonds is 5. The van der Waals surface area contributed by atoms with Crippen LogP contribution in [0.1, 0.15) is 47.8 Å². The minimum Gasteiger partial charge on any atom is -0.443 e. The van der Waals surface area contributed by atoms with Gasteiger partial charge in [0.05, 0.1) is 16.8 Å². The topological polar surface area (TPSA) is 66.8 Å². The van der Waals surface area contributed by atoms with Crippen molar-refractivity contribution in [1.29, 1.82) is 0 Å². The Morgan fingerprint density at radius 2 is 1.68 bits per heavy atom. The van der Waals surface area contributed by atoms with Crippen molar-refractivity contribution in [2.24, 2.45) is 0 Å². The standard InChI is InChI=1S/C27H34N4O3/c1-27(2,3)34-26(33)31-22-9-8-17(15-29(4)5)10-19(22)13-23(31)21-12-18(16-30(6)7)11-20-14-28-25(32)24(20)21/h8-13H,14-16H2,1-7H3,(H,28,32). The van der Waals surface area contributed by atoms with E-state index in [0.717, 1.165) is 46.2 Å². The first-order valence-electron chi connectivity index (χ1n) is 11.5. The predicted molar refractivity (Wildman–Crippen MR) is 135 cm³/mol. The lowest BCUT2D eigenvalue weighted by atomic mass is 9.96. The highest BCUT2D eigenvalue weighted by molar-refractivity contribution is 6.07. The summed E-state index contributed by atoms with van der Waals surface area (Å²) in [6.07, 6.45) is -0.456. The molecule has 1 aliphatic heterocycles. The van der Waals surface area contributed by atoms with Crippen LogP contribution in [-0.4, -0.2) is 60.2 Å². The van der Waals surface area contributed by atoms with Gasteiger partial charge in [0.2, 0.25) is 0 Å². The van der Waals surface area contributed by atoms with Crippen LogP contribution in [0.3, 0.4) is 0 Å². The molecule has 0 saturated heterocycles. The summed E-state index contributed by atoms with van der Waals surface area (Å²) in [7, 11) is 8.08. The highest BCUT2D eigenvalue weighted by Crippen LogP contribution is 2.36. The third-order valence-electron chi connectivity index (χ3n) is 5.66. The lowest BCUT2D eigenvalue weighted by Gasteiger charge is -2.21. The quantitative estimate of drug-likeness (QED) is 0.607. The smallest absolute Gasteiger partial charge is 0.419 e. The number of nitrogens with zero attached hydrogens (tertiary/aromatic N) is 3. The number of carbonyl (C=O) groups excluding carboxylic acids is 2. The van der Waals surface area contributed by atoms with Crippen molar-refractivity contribution in [3.8, 4) is 11.3 Å². The van der Waals surface area contributed by atoms with Gasteiger partial charge >= 0.3 is 6.09 Å². The third kappa shape index (κ3) is 4.86. The van der Waals surface area contributed by atoms with Gasteiger partial charge < -0.3 is 19.9 Å². The van der Waals surface area contributed by atoms with Gasteiger partial charge in [-0.2, -0.15) is 0 Å². The second kappa shape index (κ2) is 8.89. The number of fused-ring (bicyclic) bond motifs is 2. The molecule has 0 bridgehead atoms. The van der Waals surface area contributed by atoms with Gasteiger partial charge in [-0.15, -0.1) is 0 Å². The molecule has 2 heterocycles. The molecule has 1 aliphatic rings. The van der Waals surface area contributed by atoms with E-state index < -0.39 is 11.7 Å². The molecule has 3 aromatic rings. The number of hydrogen-bond donors (Lipinski definition) is 1. The number of nitrogens with one attached hydrogen (secondary N) is 1. The minimum absolute atomic E-state index is 0.115. The van der Waals surface area contributed by atoms with E-state index in [1.54, 1.807) is 4.57 Å². The van der Waals surface area contributed by atoms with Crippen LogP contribution in [0.15, 0.2) is 36.4 Å². The van der Waals surface area contributed by atoms with E-state index in [9.17, 15) is 9.59 Å². The Bertz CT molecular complexity index is 1270. The van der Waals surface area contributed by atoms with Crippen molar-refractivity contribution >= 4 is 22.9 Å². The van der Waals surface area contributed by atoms with Crippen molar-refractivity contribution in [3.05, 3.63) is 58.7 Å². The fourth-order valence-corrected chi connectivity index (χ4v) is 4.53. The molecule has 1 amide bonds. The van der Waals surface area contributed by atoms with Crippen molar-refractivity contribution in [1.82, 2.24) is 19.7 Å². The zero-order chi connectivity index (χ0) is 24.8. The SMILES string of the molecule is CN(C)Cc1cc2c(c(-c3cc4cc(CN(C)C)ccc4n3C(=O)OC(C)(C)C)c1)C(=O)NC2. The first kappa shape index (κ1) is 24.0. The molecule has 7 nitrogen and oxygen atoms in total. The van der Waals surface area contributed by atoms with Crippen LogP contribution < -0.4 is 5.32 Å². The van der Waals surface area contributed by atoms with Crippen molar-refractivity contribution < 1.29 is 14.3 Å². The van der Waals surface area contributed by atoms with E-state index in [4.69, 9.17) is 4.74 Å². The molecule has 0 unspecified atom stereocenters. The van der Waals surface area contributed by atoms with Gasteiger partial charge in [-0.05, 0) is 89.9 Å². The zero-order valence-corrected chi connectivity index (χ0v) is 21.2. The molecule has 0 saturated carbocycles. The molecule has 0 aliphatic carbocycles. The first-order valence-corrected chi connectivity index (χ1v) is 11.5. The Balaban J connectivity index is 1.97. The summed E-state index contributed by atoms with van der Waals surface area (Å²) in [6.45, 7) is 7.58. The number of aromatic nitrogens is 1. The summed E-state index contributed by atoms with van der Waals surface area (Å²) < 4.78 is 7.41. The van der Waals surface area contributed by atoms with Gasteiger partial charge in [0.15, 0.2) is 0 Å². The molecule has 7 heteroatoms. The summed E-state index contributed by atoms with van der Waals surface area (Å²) in [4.78, 5) is 30.5. The van der Waals surface area contributed by atoms with Gasteiger partial charge in [0, 0.05) is 30.6 Å². The molecule has 2 aromatic carbocycles. The normalized spacial score (nSPS) is 13.6. The van der Waals surface area contributed by atoms with E-state index in [0.29, 0.717) is 17.8 Å². The second-order valence-electron chi connectivity index (χ2n) is 10.6. The van der Waals surface area contributed by atoms with E-state index in [1.165, 1.54) is 0 Å². The van der Waals surface area contributed by atoms with Crippen LogP contribution in [-0.2, 0) is 24.4 Å². The molecule has 1 N–H and O–H groups in total. The Hall–Kier alpha value is -3.16. The van der Waals surface area contributed by atoms with Gasteiger partial charge in [-0.25, -0.2) is 9.36 Å². The Labute approximate surface area is 201 Å². The number of carbonyl (C=O) groups is 2. The van der Waals surface area contributed by atoms with E-state index in [1.807, 2.05) is 73.2 Å². The third-order valence-corrected chi connectivity index (χ3v) is 5.66. The average Bonchev–Trinajstić information content (AvgIpc) is 3.25. The minimum atomic E-state index is -0.651. The van der Waals surface area contributed by atoms with E-state index >= 15 is 0 Å². The lowest BCUT2D eigenvalue weighted by Crippen LogP contribution is -2.27. The summed E-state index contributed by atoms with van der Waals surface area (Å²) in [5.41, 5.74) is 5.34. The molecule has 34 heavy (non-hydrogen) atoms. The van der Waals surface area contributed by atoms with Crippen LogP contribution in [0.2, 0.25) is 0 Å². The van der Waals surface area contributed by atoms with E-state index in [2.05, 4.69) is 27.2 Å².